The number of nitrogens with zero attached hydrogens (tertiary/aromatic N) is 4. The molecule has 0 spiro atoms. The van der Waals surface area contributed by atoms with Gasteiger partial charge in [0.25, 0.3) is 0 Å². The van der Waals surface area contributed by atoms with E-state index in [-0.39, 0.29) is 30.4 Å². The number of thioether (sulfide) groups is 1. The van der Waals surface area contributed by atoms with E-state index in [1.165, 1.54) is 19.3 Å². The Labute approximate surface area is 249 Å². The molecule has 3 atom stereocenters. The Bertz CT molecular complexity index is 1380. The average Bonchev–Trinajstić information content (AvgIpc) is 3.39. The Hall–Kier alpha value is -2.99. The monoisotopic (exact) mass is 590 g/mol. The highest BCUT2D eigenvalue weighted by atomic mass is 32.2. The van der Waals surface area contributed by atoms with E-state index in [0.717, 1.165) is 58.9 Å². The number of aryl methyl sites for hydroxylation is 1. The predicted molar refractivity (Wildman–Crippen MR) is 157 cm³/mol. The summed E-state index contributed by atoms with van der Waals surface area (Å²) in [6.45, 7) is -0.00122. The SMILES string of the molecule is Cn1nnnc1SC[C@H]1C[C@@H](c2ccc(CO)cc2)O[C@@H](c2cccc(NC(=O)NC34CC5CC(CC(C5)C3)C4)c2)O1. The number of aliphatic hydroxyl groups is 1. The second-order valence-corrected chi connectivity index (χ2v) is 13.6. The summed E-state index contributed by atoms with van der Waals surface area (Å²) in [7, 11) is 1.82. The van der Waals surface area contributed by atoms with E-state index in [2.05, 4.69) is 26.2 Å². The average molecular weight is 591 g/mol. The first-order chi connectivity index (χ1) is 20.4. The van der Waals surface area contributed by atoms with Crippen molar-refractivity contribution in [3.05, 3.63) is 65.2 Å². The van der Waals surface area contributed by atoms with Gasteiger partial charge in [0.1, 0.15) is 0 Å². The van der Waals surface area contributed by atoms with Crippen LogP contribution in [0, 0.1) is 17.8 Å². The molecule has 1 aliphatic heterocycles. The first kappa shape index (κ1) is 27.8. The second kappa shape index (κ2) is 11.6. The molecule has 11 heteroatoms. The lowest BCUT2D eigenvalue weighted by Crippen LogP contribution is -2.60. The Morgan fingerprint density at radius 1 is 1.02 bits per heavy atom. The first-order valence-electron chi connectivity index (χ1n) is 15.0. The molecule has 2 heterocycles. The summed E-state index contributed by atoms with van der Waals surface area (Å²) >= 11 is 1.55. The lowest BCUT2D eigenvalue weighted by Gasteiger charge is -2.56. The summed E-state index contributed by atoms with van der Waals surface area (Å²) in [4.78, 5) is 13.2. The minimum atomic E-state index is -0.613. The van der Waals surface area contributed by atoms with Gasteiger partial charge in [-0.05, 0) is 90.0 Å². The van der Waals surface area contributed by atoms with Crippen molar-refractivity contribution in [1.29, 1.82) is 0 Å². The summed E-state index contributed by atoms with van der Waals surface area (Å²) < 4.78 is 14.6. The third kappa shape index (κ3) is 5.92. The number of carbonyl (C=O) groups excluding carboxylic acids is 1. The van der Waals surface area contributed by atoms with Gasteiger partial charge in [-0.2, -0.15) is 0 Å². The molecule has 2 amide bonds. The number of anilines is 1. The molecule has 2 aromatic carbocycles. The van der Waals surface area contributed by atoms with Crippen LogP contribution in [-0.2, 0) is 23.1 Å². The number of urea groups is 1. The number of aliphatic hydroxyl groups excluding tert-OH is 1. The minimum Gasteiger partial charge on any atom is -0.392 e. The minimum absolute atomic E-state index is 0.00122. The zero-order chi connectivity index (χ0) is 28.7. The van der Waals surface area contributed by atoms with E-state index >= 15 is 0 Å². The van der Waals surface area contributed by atoms with Gasteiger partial charge < -0.3 is 25.2 Å². The number of rotatable bonds is 8. The molecule has 222 valence electrons. The number of carbonyl (C=O) groups is 1. The zero-order valence-electron chi connectivity index (χ0n) is 23.8. The fourth-order valence-electron chi connectivity index (χ4n) is 7.96. The fourth-order valence-corrected chi connectivity index (χ4v) is 8.83. The van der Waals surface area contributed by atoms with Gasteiger partial charge in [-0.15, -0.1) is 5.10 Å². The molecule has 3 aromatic rings. The number of amides is 2. The number of hydrogen-bond acceptors (Lipinski definition) is 8. The lowest BCUT2D eigenvalue weighted by atomic mass is 9.53. The van der Waals surface area contributed by atoms with E-state index in [9.17, 15) is 9.90 Å². The van der Waals surface area contributed by atoms with Gasteiger partial charge in [-0.3, -0.25) is 0 Å². The molecule has 0 unspecified atom stereocenters. The van der Waals surface area contributed by atoms with Crippen LogP contribution in [0.2, 0.25) is 0 Å². The normalized spacial score (nSPS) is 31.7. The van der Waals surface area contributed by atoms with Gasteiger partial charge in [0, 0.05) is 36.0 Å². The van der Waals surface area contributed by atoms with E-state index < -0.39 is 6.29 Å². The molecular weight excluding hydrogens is 552 g/mol. The van der Waals surface area contributed by atoms with Crippen LogP contribution in [0.1, 0.15) is 74.0 Å². The van der Waals surface area contributed by atoms with Crippen molar-refractivity contribution in [2.24, 2.45) is 24.8 Å². The van der Waals surface area contributed by atoms with Crippen molar-refractivity contribution in [3.8, 4) is 0 Å². The quantitative estimate of drug-likeness (QED) is 0.309. The van der Waals surface area contributed by atoms with Gasteiger partial charge >= 0.3 is 6.03 Å². The maximum absolute atomic E-state index is 13.2. The maximum Gasteiger partial charge on any atom is 0.319 e. The van der Waals surface area contributed by atoms with E-state index in [1.807, 2.05) is 55.6 Å². The number of aromatic nitrogens is 4. The molecule has 8 rings (SSSR count). The van der Waals surface area contributed by atoms with Crippen molar-refractivity contribution < 1.29 is 19.4 Å². The van der Waals surface area contributed by atoms with Crippen molar-refractivity contribution in [2.75, 3.05) is 11.1 Å². The largest absolute Gasteiger partial charge is 0.392 e. The zero-order valence-corrected chi connectivity index (χ0v) is 24.6. The van der Waals surface area contributed by atoms with Crippen molar-refractivity contribution in [2.45, 2.75) is 80.7 Å². The molecule has 4 saturated carbocycles. The standard InChI is InChI=1S/C31H38N6O4S/c1-37-30(34-35-36-37)42-18-26-13-27(23-7-5-19(17-38)6-8-23)41-28(40-26)24-3-2-4-25(12-24)32-29(39)33-31-14-20-9-21(15-31)11-22(10-20)16-31/h2-8,12,20-22,26-28,38H,9-11,13-18H2,1H3,(H2,32,33,39)/t20?,21?,22?,26-,27+,28+,31?/m1/s1. The fraction of sp³-hybridized carbons (Fsp3) is 0.548. The second-order valence-electron chi connectivity index (χ2n) is 12.6. The molecule has 5 aliphatic rings. The number of ether oxygens (including phenoxy) is 2. The maximum atomic E-state index is 13.2. The van der Waals surface area contributed by atoms with Gasteiger partial charge in [-0.1, -0.05) is 48.2 Å². The van der Waals surface area contributed by atoms with Crippen molar-refractivity contribution in [3.63, 3.8) is 0 Å². The highest BCUT2D eigenvalue weighted by molar-refractivity contribution is 7.99. The molecule has 4 aliphatic carbocycles. The molecule has 42 heavy (non-hydrogen) atoms. The molecular formula is C31H38N6O4S. The molecule has 10 nitrogen and oxygen atoms in total. The molecule has 5 fully saturated rings. The van der Waals surface area contributed by atoms with Crippen LogP contribution in [0.3, 0.4) is 0 Å². The van der Waals surface area contributed by atoms with Crippen LogP contribution >= 0.6 is 11.8 Å². The number of benzene rings is 2. The first-order valence-corrected chi connectivity index (χ1v) is 16.0. The Morgan fingerprint density at radius 2 is 1.76 bits per heavy atom. The van der Waals surface area contributed by atoms with Crippen LogP contribution in [-0.4, -0.2) is 48.7 Å². The van der Waals surface area contributed by atoms with Gasteiger partial charge in [0.05, 0.1) is 18.8 Å². The Morgan fingerprint density at radius 3 is 2.43 bits per heavy atom. The summed E-state index contributed by atoms with van der Waals surface area (Å²) in [6.07, 6.45) is 7.09. The number of tetrazole rings is 1. The predicted octanol–water partition coefficient (Wildman–Crippen LogP) is 5.13. The van der Waals surface area contributed by atoms with E-state index in [4.69, 9.17) is 9.47 Å². The molecule has 1 saturated heterocycles. The van der Waals surface area contributed by atoms with Crippen LogP contribution in [0.4, 0.5) is 10.5 Å². The smallest absolute Gasteiger partial charge is 0.319 e. The van der Waals surface area contributed by atoms with E-state index in [1.54, 1.807) is 16.4 Å². The Kier molecular flexibility index (Phi) is 7.68. The Balaban J connectivity index is 1.06. The highest BCUT2D eigenvalue weighted by Crippen LogP contribution is 2.55. The van der Waals surface area contributed by atoms with Crippen LogP contribution < -0.4 is 10.6 Å². The third-order valence-corrected chi connectivity index (χ3v) is 10.6. The van der Waals surface area contributed by atoms with Crippen molar-refractivity contribution in [1.82, 2.24) is 25.5 Å². The number of hydrogen-bond donors (Lipinski definition) is 3. The summed E-state index contributed by atoms with van der Waals surface area (Å²) in [6, 6.07) is 15.5. The van der Waals surface area contributed by atoms with Gasteiger partial charge in [0.15, 0.2) is 6.29 Å². The van der Waals surface area contributed by atoms with Gasteiger partial charge in [-0.25, -0.2) is 9.48 Å². The molecule has 0 radical (unpaired) electrons. The van der Waals surface area contributed by atoms with Gasteiger partial charge in [0.2, 0.25) is 5.16 Å². The molecule has 4 bridgehead atoms. The van der Waals surface area contributed by atoms with Crippen LogP contribution in [0.15, 0.2) is 53.7 Å². The third-order valence-electron chi connectivity index (χ3n) is 9.43. The highest BCUT2D eigenvalue weighted by Gasteiger charge is 2.51. The van der Waals surface area contributed by atoms with E-state index in [0.29, 0.717) is 17.9 Å². The number of nitrogens with one attached hydrogen (secondary N) is 2. The van der Waals surface area contributed by atoms with Crippen molar-refractivity contribution >= 4 is 23.5 Å². The lowest BCUT2D eigenvalue weighted by molar-refractivity contribution is -0.245. The summed E-state index contributed by atoms with van der Waals surface area (Å²) in [5.74, 6) is 2.96. The summed E-state index contributed by atoms with van der Waals surface area (Å²) in [5, 5.41) is 28.5. The topological polar surface area (TPSA) is 123 Å². The summed E-state index contributed by atoms with van der Waals surface area (Å²) in [5.41, 5.74) is 3.39. The van der Waals surface area contributed by atoms with Crippen LogP contribution in [0.5, 0.6) is 0 Å². The van der Waals surface area contributed by atoms with Crippen LogP contribution in [0.25, 0.3) is 0 Å². The molecule has 3 N–H and O–H groups in total. The molecule has 1 aromatic heterocycles.